The summed E-state index contributed by atoms with van der Waals surface area (Å²) in [5.41, 5.74) is 1.34. The highest BCUT2D eigenvalue weighted by Gasteiger charge is 2.30. The van der Waals surface area contributed by atoms with Crippen LogP contribution < -0.4 is 0 Å². The summed E-state index contributed by atoms with van der Waals surface area (Å²) in [6.07, 6.45) is 7.58. The van der Waals surface area contributed by atoms with Crippen LogP contribution in [0.25, 0.3) is 0 Å². The van der Waals surface area contributed by atoms with Crippen molar-refractivity contribution in [3.63, 3.8) is 0 Å². The number of rotatable bonds is 6. The molecule has 25 heavy (non-hydrogen) atoms. The molecule has 4 heterocycles. The van der Waals surface area contributed by atoms with Gasteiger partial charge in [0.2, 0.25) is 0 Å². The van der Waals surface area contributed by atoms with Crippen molar-refractivity contribution in [3.05, 3.63) is 18.0 Å². The molecule has 1 atom stereocenters. The highest BCUT2D eigenvalue weighted by Crippen LogP contribution is 2.27. The second kappa shape index (κ2) is 8.62. The molecule has 140 valence electrons. The molecule has 0 aliphatic carbocycles. The molecule has 3 aliphatic rings. The molecule has 1 aromatic heterocycles. The van der Waals surface area contributed by atoms with Crippen LogP contribution >= 0.6 is 0 Å². The molecule has 0 N–H and O–H groups in total. The topological polar surface area (TPSA) is 48.8 Å². The molecule has 0 amide bonds. The fourth-order valence-corrected chi connectivity index (χ4v) is 4.34. The summed E-state index contributed by atoms with van der Waals surface area (Å²) in [5, 5.41) is 4.58. The van der Waals surface area contributed by atoms with Crippen molar-refractivity contribution < 1.29 is 14.2 Å². The van der Waals surface area contributed by atoms with Crippen molar-refractivity contribution in [1.29, 1.82) is 0 Å². The van der Waals surface area contributed by atoms with Gasteiger partial charge >= 0.3 is 0 Å². The molecular weight excluding hydrogens is 318 g/mol. The van der Waals surface area contributed by atoms with Gasteiger partial charge < -0.3 is 14.2 Å². The number of hydrogen-bond donors (Lipinski definition) is 0. The van der Waals surface area contributed by atoms with E-state index in [4.69, 9.17) is 14.2 Å². The Labute approximate surface area is 150 Å². The van der Waals surface area contributed by atoms with Crippen molar-refractivity contribution in [2.45, 2.75) is 50.7 Å². The maximum Gasteiger partial charge on any atom is 0.0672 e. The SMILES string of the molecule is c1cc2n(n1)[C@@H](CCOCC1CCOCC1)CN(C1CCOCC1)C2. The van der Waals surface area contributed by atoms with Gasteiger partial charge in [0.1, 0.15) is 0 Å². The average Bonchev–Trinajstić information content (AvgIpc) is 3.15. The van der Waals surface area contributed by atoms with Crippen molar-refractivity contribution in [1.82, 2.24) is 14.7 Å². The zero-order valence-electron chi connectivity index (χ0n) is 15.1. The van der Waals surface area contributed by atoms with Gasteiger partial charge in [-0.2, -0.15) is 5.10 Å². The lowest BCUT2D eigenvalue weighted by molar-refractivity contribution is 0.00358. The summed E-state index contributed by atoms with van der Waals surface area (Å²) in [4.78, 5) is 2.64. The molecule has 2 fully saturated rings. The second-order valence-corrected chi connectivity index (χ2v) is 7.61. The monoisotopic (exact) mass is 349 g/mol. The lowest BCUT2D eigenvalue weighted by Crippen LogP contribution is -2.46. The van der Waals surface area contributed by atoms with Gasteiger partial charge in [-0.15, -0.1) is 0 Å². The minimum absolute atomic E-state index is 0.427. The average molecular weight is 349 g/mol. The lowest BCUT2D eigenvalue weighted by atomic mass is 10.0. The first-order valence-electron chi connectivity index (χ1n) is 9.90. The molecule has 2 saturated heterocycles. The smallest absolute Gasteiger partial charge is 0.0672 e. The van der Waals surface area contributed by atoms with Crippen LogP contribution in [0.4, 0.5) is 0 Å². The van der Waals surface area contributed by atoms with Gasteiger partial charge in [-0.1, -0.05) is 0 Å². The Hall–Kier alpha value is -0.950. The summed E-state index contributed by atoms with van der Waals surface area (Å²) in [7, 11) is 0. The summed E-state index contributed by atoms with van der Waals surface area (Å²) in [6.45, 7) is 7.40. The lowest BCUT2D eigenvalue weighted by Gasteiger charge is -2.40. The van der Waals surface area contributed by atoms with Gasteiger partial charge in [0.25, 0.3) is 0 Å². The van der Waals surface area contributed by atoms with Crippen LogP contribution in [-0.2, 0) is 20.8 Å². The van der Waals surface area contributed by atoms with E-state index in [1.807, 2.05) is 6.20 Å². The Kier molecular flexibility index (Phi) is 6.02. The molecule has 0 spiro atoms. The van der Waals surface area contributed by atoms with Crippen LogP contribution in [0.3, 0.4) is 0 Å². The number of hydrogen-bond acceptors (Lipinski definition) is 5. The van der Waals surface area contributed by atoms with Crippen LogP contribution in [0.15, 0.2) is 12.3 Å². The third-order valence-electron chi connectivity index (χ3n) is 5.91. The zero-order valence-corrected chi connectivity index (χ0v) is 15.1. The Bertz CT molecular complexity index is 524. The summed E-state index contributed by atoms with van der Waals surface area (Å²) >= 11 is 0. The molecule has 0 bridgehead atoms. The largest absolute Gasteiger partial charge is 0.381 e. The summed E-state index contributed by atoms with van der Waals surface area (Å²) in [6, 6.07) is 3.25. The van der Waals surface area contributed by atoms with Crippen molar-refractivity contribution in [2.75, 3.05) is 46.2 Å². The van der Waals surface area contributed by atoms with Crippen LogP contribution in [0.5, 0.6) is 0 Å². The fourth-order valence-electron chi connectivity index (χ4n) is 4.34. The Balaban J connectivity index is 1.29. The highest BCUT2D eigenvalue weighted by atomic mass is 16.5. The van der Waals surface area contributed by atoms with E-state index < -0.39 is 0 Å². The van der Waals surface area contributed by atoms with Crippen LogP contribution in [0.1, 0.15) is 43.8 Å². The van der Waals surface area contributed by atoms with Crippen molar-refractivity contribution in [3.8, 4) is 0 Å². The maximum atomic E-state index is 6.01. The van der Waals surface area contributed by atoms with Crippen LogP contribution in [0, 0.1) is 5.92 Å². The van der Waals surface area contributed by atoms with E-state index in [2.05, 4.69) is 20.7 Å². The van der Waals surface area contributed by atoms with Crippen molar-refractivity contribution >= 4 is 0 Å². The summed E-state index contributed by atoms with van der Waals surface area (Å²) < 4.78 is 19.2. The number of aromatic nitrogens is 2. The van der Waals surface area contributed by atoms with E-state index in [0.717, 1.165) is 84.8 Å². The fraction of sp³-hybridized carbons (Fsp3) is 0.842. The van der Waals surface area contributed by atoms with Gasteiger partial charge in [-0.3, -0.25) is 9.58 Å². The number of fused-ring (bicyclic) bond motifs is 1. The minimum atomic E-state index is 0.427. The predicted molar refractivity (Wildman–Crippen MR) is 94.5 cm³/mol. The van der Waals surface area contributed by atoms with Gasteiger partial charge in [0.15, 0.2) is 0 Å². The molecule has 3 aliphatic heterocycles. The molecule has 0 aromatic carbocycles. The van der Waals surface area contributed by atoms with Gasteiger partial charge in [-0.05, 0) is 44.1 Å². The third-order valence-corrected chi connectivity index (χ3v) is 5.91. The Morgan fingerprint density at radius 3 is 2.64 bits per heavy atom. The first kappa shape index (κ1) is 17.5. The molecule has 0 radical (unpaired) electrons. The number of ether oxygens (including phenoxy) is 3. The Morgan fingerprint density at radius 2 is 1.84 bits per heavy atom. The van der Waals surface area contributed by atoms with Crippen LogP contribution in [0.2, 0.25) is 0 Å². The minimum Gasteiger partial charge on any atom is -0.381 e. The number of nitrogens with zero attached hydrogens (tertiary/aromatic N) is 3. The third kappa shape index (κ3) is 4.42. The first-order valence-corrected chi connectivity index (χ1v) is 9.90. The van der Waals surface area contributed by atoms with Gasteiger partial charge in [-0.25, -0.2) is 0 Å². The second-order valence-electron chi connectivity index (χ2n) is 7.61. The zero-order chi connectivity index (χ0) is 16.9. The van der Waals surface area contributed by atoms with E-state index in [1.54, 1.807) is 0 Å². The molecule has 6 nitrogen and oxygen atoms in total. The van der Waals surface area contributed by atoms with Gasteiger partial charge in [0, 0.05) is 65.0 Å². The molecule has 0 unspecified atom stereocenters. The van der Waals surface area contributed by atoms with Gasteiger partial charge in [0.05, 0.1) is 11.7 Å². The normalized spacial score (nSPS) is 26.6. The summed E-state index contributed by atoms with van der Waals surface area (Å²) in [5.74, 6) is 0.680. The van der Waals surface area contributed by atoms with E-state index in [1.165, 1.54) is 5.69 Å². The molecule has 6 heteroatoms. The maximum absolute atomic E-state index is 6.01. The first-order chi connectivity index (χ1) is 12.4. The molecular formula is C19H31N3O3. The standard InChI is InChI=1S/C19H31N3O3/c1-7-20-22-18(1)13-21(17-4-10-24-11-5-17)14-19(22)6-12-25-15-16-2-8-23-9-3-16/h1,7,16-17,19H,2-6,8-15H2/t19-/m0/s1. The van der Waals surface area contributed by atoms with E-state index in [-0.39, 0.29) is 0 Å². The van der Waals surface area contributed by atoms with E-state index in [0.29, 0.717) is 18.0 Å². The molecule has 1 aromatic rings. The van der Waals surface area contributed by atoms with Crippen LogP contribution in [-0.4, -0.2) is 66.9 Å². The van der Waals surface area contributed by atoms with E-state index in [9.17, 15) is 0 Å². The van der Waals surface area contributed by atoms with Crippen molar-refractivity contribution in [2.24, 2.45) is 5.92 Å². The highest BCUT2D eigenvalue weighted by molar-refractivity contribution is 5.06. The van der Waals surface area contributed by atoms with E-state index >= 15 is 0 Å². The predicted octanol–water partition coefficient (Wildman–Crippen LogP) is 2.25. The molecule has 4 rings (SSSR count). The Morgan fingerprint density at radius 1 is 1.08 bits per heavy atom. The molecule has 0 saturated carbocycles. The quantitative estimate of drug-likeness (QED) is 0.737.